The quantitative estimate of drug-likeness (QED) is 0.670. The molecule has 2 aromatic carbocycles. The van der Waals surface area contributed by atoms with E-state index in [1.807, 2.05) is 6.07 Å². The Kier molecular flexibility index (Phi) is 1.92. The van der Waals surface area contributed by atoms with Gasteiger partial charge in [-0.1, -0.05) is 60.7 Å². The second kappa shape index (κ2) is 3.39. The molecule has 0 spiro atoms. The van der Waals surface area contributed by atoms with E-state index in [1.165, 1.54) is 28.7 Å². The van der Waals surface area contributed by atoms with Gasteiger partial charge in [0.2, 0.25) is 0 Å². The number of benzene rings is 2. The van der Waals surface area contributed by atoms with E-state index in [2.05, 4.69) is 54.6 Å². The topological polar surface area (TPSA) is 0 Å². The fraction of sp³-hybridized carbons (Fsp3) is 0.0667. The molecule has 1 aliphatic rings. The Labute approximate surface area is 89.9 Å². The minimum Gasteiger partial charge on any atom is -0.0760 e. The van der Waals surface area contributed by atoms with Gasteiger partial charge >= 0.3 is 0 Å². The third kappa shape index (κ3) is 1.71. The first-order chi connectivity index (χ1) is 7.43. The first kappa shape index (κ1) is 8.49. The van der Waals surface area contributed by atoms with Crippen molar-refractivity contribution in [2.75, 3.05) is 0 Å². The van der Waals surface area contributed by atoms with Crippen LogP contribution in [0.2, 0.25) is 0 Å². The second-order valence-electron chi connectivity index (χ2n) is 3.88. The van der Waals surface area contributed by atoms with Crippen LogP contribution in [-0.2, 0) is 0 Å². The van der Waals surface area contributed by atoms with Crippen LogP contribution in [0.25, 0.3) is 16.7 Å². The van der Waals surface area contributed by atoms with Crippen LogP contribution < -0.4 is 0 Å². The fourth-order valence-electron chi connectivity index (χ4n) is 1.79. The summed E-state index contributed by atoms with van der Waals surface area (Å²) < 4.78 is 0. The molecule has 0 aliphatic heterocycles. The molecule has 15 heavy (non-hydrogen) atoms. The molecule has 0 saturated heterocycles. The molecular formula is C15H12. The fourth-order valence-corrected chi connectivity index (χ4v) is 1.79. The molecule has 0 unspecified atom stereocenters. The van der Waals surface area contributed by atoms with Gasteiger partial charge in [0, 0.05) is 0 Å². The standard InChI is InChI=1S/C15H12/c1-2-4-12(5-3-1)13-6-8-14(9-7-13)15-10-11-15/h1-10H,11H2. The summed E-state index contributed by atoms with van der Waals surface area (Å²) in [5.41, 5.74) is 5.43. The van der Waals surface area contributed by atoms with Gasteiger partial charge in [0.05, 0.1) is 0 Å². The van der Waals surface area contributed by atoms with Gasteiger partial charge < -0.3 is 0 Å². The maximum atomic E-state index is 2.26. The smallest absolute Gasteiger partial charge is 0.00884 e. The van der Waals surface area contributed by atoms with E-state index in [1.54, 1.807) is 0 Å². The van der Waals surface area contributed by atoms with Gasteiger partial charge in [0.1, 0.15) is 0 Å². The molecule has 0 heteroatoms. The predicted octanol–water partition coefficient (Wildman–Crippen LogP) is 4.14. The highest BCUT2D eigenvalue weighted by atomic mass is 14.1. The van der Waals surface area contributed by atoms with E-state index in [0.717, 1.165) is 0 Å². The van der Waals surface area contributed by atoms with E-state index >= 15 is 0 Å². The molecule has 0 fully saturated rings. The molecule has 72 valence electrons. The van der Waals surface area contributed by atoms with Crippen molar-refractivity contribution >= 4 is 5.57 Å². The lowest BCUT2D eigenvalue weighted by Gasteiger charge is -2.02. The highest BCUT2D eigenvalue weighted by Crippen LogP contribution is 2.31. The van der Waals surface area contributed by atoms with Gasteiger partial charge in [0.25, 0.3) is 0 Å². The molecule has 0 bridgehead atoms. The zero-order valence-corrected chi connectivity index (χ0v) is 8.48. The van der Waals surface area contributed by atoms with Crippen molar-refractivity contribution in [3.05, 3.63) is 66.2 Å². The zero-order valence-electron chi connectivity index (χ0n) is 8.48. The molecule has 1 aliphatic carbocycles. The third-order valence-electron chi connectivity index (χ3n) is 2.77. The van der Waals surface area contributed by atoms with E-state index in [4.69, 9.17) is 0 Å². The molecule has 2 aromatic rings. The Morgan fingerprint density at radius 1 is 0.600 bits per heavy atom. The molecule has 0 amide bonds. The summed E-state index contributed by atoms with van der Waals surface area (Å²) in [6, 6.07) is 19.3. The number of allylic oxidation sites excluding steroid dienone is 2. The van der Waals surface area contributed by atoms with Crippen LogP contribution in [0, 0.1) is 0 Å². The third-order valence-corrected chi connectivity index (χ3v) is 2.77. The van der Waals surface area contributed by atoms with E-state index in [-0.39, 0.29) is 0 Å². The summed E-state index contributed by atoms with van der Waals surface area (Å²) >= 11 is 0. The summed E-state index contributed by atoms with van der Waals surface area (Å²) in [4.78, 5) is 0. The van der Waals surface area contributed by atoms with Crippen LogP contribution in [0.4, 0.5) is 0 Å². The second-order valence-corrected chi connectivity index (χ2v) is 3.88. The number of hydrogen-bond donors (Lipinski definition) is 0. The average Bonchev–Trinajstić information content (AvgIpc) is 3.15. The molecule has 0 atom stereocenters. The van der Waals surface area contributed by atoms with Crippen LogP contribution >= 0.6 is 0 Å². The summed E-state index contributed by atoms with van der Waals surface area (Å²) in [6.07, 6.45) is 3.43. The molecule has 0 saturated carbocycles. The van der Waals surface area contributed by atoms with Crippen LogP contribution in [-0.4, -0.2) is 0 Å². The number of rotatable bonds is 2. The van der Waals surface area contributed by atoms with Crippen molar-refractivity contribution < 1.29 is 0 Å². The van der Waals surface area contributed by atoms with Gasteiger partial charge in [-0.05, 0) is 28.7 Å². The lowest BCUT2D eigenvalue weighted by molar-refractivity contribution is 1.57. The predicted molar refractivity (Wildman–Crippen MR) is 64.5 cm³/mol. The van der Waals surface area contributed by atoms with Gasteiger partial charge in [-0.3, -0.25) is 0 Å². The van der Waals surface area contributed by atoms with Crippen LogP contribution in [0.15, 0.2) is 60.7 Å². The number of hydrogen-bond acceptors (Lipinski definition) is 0. The van der Waals surface area contributed by atoms with Gasteiger partial charge in [0.15, 0.2) is 0 Å². The SMILES string of the molecule is C1=C(c2ccc(-c3ccccc3)cc2)C1. The summed E-state index contributed by atoms with van der Waals surface area (Å²) in [5.74, 6) is 0. The lowest BCUT2D eigenvalue weighted by Crippen LogP contribution is -1.78. The average molecular weight is 192 g/mol. The monoisotopic (exact) mass is 192 g/mol. The maximum Gasteiger partial charge on any atom is -0.00884 e. The van der Waals surface area contributed by atoms with Crippen LogP contribution in [0.3, 0.4) is 0 Å². The Hall–Kier alpha value is -1.82. The first-order valence-corrected chi connectivity index (χ1v) is 5.28. The maximum absolute atomic E-state index is 2.26. The zero-order chi connectivity index (χ0) is 10.1. The minimum absolute atomic E-state index is 1.17. The van der Waals surface area contributed by atoms with Gasteiger partial charge in [-0.25, -0.2) is 0 Å². The summed E-state index contributed by atoms with van der Waals surface area (Å²) in [5, 5.41) is 0. The Balaban J connectivity index is 1.96. The largest absolute Gasteiger partial charge is 0.0760 e. The van der Waals surface area contributed by atoms with E-state index in [9.17, 15) is 0 Å². The minimum atomic E-state index is 1.17. The molecule has 3 rings (SSSR count). The van der Waals surface area contributed by atoms with Crippen molar-refractivity contribution in [1.82, 2.24) is 0 Å². The normalized spacial score (nSPS) is 13.5. The van der Waals surface area contributed by atoms with Crippen molar-refractivity contribution in [3.8, 4) is 11.1 Å². The van der Waals surface area contributed by atoms with Crippen molar-refractivity contribution in [2.45, 2.75) is 6.42 Å². The van der Waals surface area contributed by atoms with E-state index in [0.29, 0.717) is 0 Å². The lowest BCUT2D eigenvalue weighted by atomic mass is 10.0. The molecule has 0 heterocycles. The molecule has 0 radical (unpaired) electrons. The van der Waals surface area contributed by atoms with Gasteiger partial charge in [-0.2, -0.15) is 0 Å². The summed E-state index contributed by atoms with van der Waals surface area (Å²) in [6.45, 7) is 0. The Morgan fingerprint density at radius 3 is 1.73 bits per heavy atom. The van der Waals surface area contributed by atoms with Crippen molar-refractivity contribution in [3.63, 3.8) is 0 Å². The summed E-state index contributed by atoms with van der Waals surface area (Å²) in [7, 11) is 0. The van der Waals surface area contributed by atoms with Crippen molar-refractivity contribution in [2.24, 2.45) is 0 Å². The Bertz CT molecular complexity index is 489. The van der Waals surface area contributed by atoms with Gasteiger partial charge in [-0.15, -0.1) is 0 Å². The molecular weight excluding hydrogens is 180 g/mol. The molecule has 0 N–H and O–H groups in total. The highest BCUT2D eigenvalue weighted by molar-refractivity contribution is 5.78. The van der Waals surface area contributed by atoms with E-state index < -0.39 is 0 Å². The first-order valence-electron chi connectivity index (χ1n) is 5.28. The van der Waals surface area contributed by atoms with Crippen LogP contribution in [0.1, 0.15) is 12.0 Å². The molecule has 0 aromatic heterocycles. The Morgan fingerprint density at radius 2 is 1.13 bits per heavy atom. The highest BCUT2D eigenvalue weighted by Gasteiger charge is 2.09. The van der Waals surface area contributed by atoms with Crippen LogP contribution in [0.5, 0.6) is 0 Å². The van der Waals surface area contributed by atoms with Crippen molar-refractivity contribution in [1.29, 1.82) is 0 Å². The molecule has 0 nitrogen and oxygen atoms in total.